The van der Waals surface area contributed by atoms with Gasteiger partial charge in [-0.25, -0.2) is 4.79 Å². The first-order chi connectivity index (χ1) is 14.6. The van der Waals surface area contributed by atoms with Crippen molar-refractivity contribution in [2.45, 2.75) is 51.5 Å². The molecule has 1 saturated heterocycles. The number of piperidine rings is 1. The van der Waals surface area contributed by atoms with Crippen molar-refractivity contribution in [3.8, 4) is 0 Å². The van der Waals surface area contributed by atoms with Gasteiger partial charge in [-0.15, -0.1) is 24.0 Å². The lowest BCUT2D eigenvalue weighted by Gasteiger charge is -2.32. The van der Waals surface area contributed by atoms with Crippen LogP contribution in [0.25, 0.3) is 0 Å². The van der Waals surface area contributed by atoms with Gasteiger partial charge < -0.3 is 29.4 Å². The summed E-state index contributed by atoms with van der Waals surface area (Å²) >= 11 is 0. The highest BCUT2D eigenvalue weighted by Crippen LogP contribution is 2.48. The third-order valence-corrected chi connectivity index (χ3v) is 5.97. The summed E-state index contributed by atoms with van der Waals surface area (Å²) < 4.78 is 15.8. The quantitative estimate of drug-likeness (QED) is 0.265. The molecule has 176 valence electrons. The van der Waals surface area contributed by atoms with Crippen LogP contribution in [0.15, 0.2) is 27.8 Å². The number of aliphatic imine (C=N–C) groups is 1. The number of guanidine groups is 1. The van der Waals surface area contributed by atoms with E-state index in [1.165, 1.54) is 12.8 Å². The lowest BCUT2D eigenvalue weighted by molar-refractivity contribution is 0.0963. The number of halogens is 1. The van der Waals surface area contributed by atoms with E-state index in [0.717, 1.165) is 57.1 Å². The van der Waals surface area contributed by atoms with Crippen LogP contribution >= 0.6 is 24.0 Å². The third kappa shape index (κ3) is 8.51. The minimum atomic E-state index is -0.213. The Morgan fingerprint density at radius 2 is 2.13 bits per heavy atom. The first-order valence-corrected chi connectivity index (χ1v) is 11.1. The van der Waals surface area contributed by atoms with Gasteiger partial charge >= 0.3 is 6.09 Å². The molecular formula is C22H37IN4O4. The number of likely N-dealkylation sites (tertiary alicyclic amines) is 1. The predicted octanol–water partition coefficient (Wildman–Crippen LogP) is 3.41. The van der Waals surface area contributed by atoms with Crippen LogP contribution in [0.4, 0.5) is 4.79 Å². The van der Waals surface area contributed by atoms with Crippen molar-refractivity contribution in [1.82, 2.24) is 15.5 Å². The van der Waals surface area contributed by atoms with Crippen LogP contribution < -0.4 is 10.6 Å². The van der Waals surface area contributed by atoms with E-state index < -0.39 is 0 Å². The highest BCUT2D eigenvalue weighted by molar-refractivity contribution is 14.0. The number of methoxy groups -OCH3 is 1. The van der Waals surface area contributed by atoms with Crippen LogP contribution in [0.1, 0.15) is 44.8 Å². The van der Waals surface area contributed by atoms with Crippen LogP contribution in [-0.4, -0.2) is 69.5 Å². The van der Waals surface area contributed by atoms with Gasteiger partial charge in [-0.2, -0.15) is 0 Å². The SMILES string of the molecule is CCOC(=O)N1CCC(NC(=NCC2(CCOC)CC2)NCCc2ccco2)CC1.I. The van der Waals surface area contributed by atoms with Crippen molar-refractivity contribution >= 4 is 36.0 Å². The van der Waals surface area contributed by atoms with Crippen molar-refractivity contribution in [2.75, 3.05) is 46.5 Å². The predicted molar refractivity (Wildman–Crippen MR) is 131 cm³/mol. The van der Waals surface area contributed by atoms with E-state index >= 15 is 0 Å². The van der Waals surface area contributed by atoms with Gasteiger partial charge in [0.1, 0.15) is 5.76 Å². The van der Waals surface area contributed by atoms with Crippen molar-refractivity contribution in [2.24, 2.45) is 10.4 Å². The minimum absolute atomic E-state index is 0. The van der Waals surface area contributed by atoms with Crippen molar-refractivity contribution in [3.63, 3.8) is 0 Å². The second kappa shape index (κ2) is 13.1. The number of nitrogens with one attached hydrogen (secondary N) is 2. The zero-order valence-corrected chi connectivity index (χ0v) is 21.1. The van der Waals surface area contributed by atoms with Gasteiger partial charge in [0, 0.05) is 52.4 Å². The van der Waals surface area contributed by atoms with Gasteiger partial charge in [-0.1, -0.05) is 0 Å². The van der Waals surface area contributed by atoms with E-state index in [1.54, 1.807) is 18.3 Å². The lowest BCUT2D eigenvalue weighted by Crippen LogP contribution is -2.50. The molecule has 0 spiro atoms. The summed E-state index contributed by atoms with van der Waals surface area (Å²) in [5.74, 6) is 1.81. The molecule has 9 heteroatoms. The highest BCUT2D eigenvalue weighted by atomic mass is 127. The van der Waals surface area contributed by atoms with E-state index in [2.05, 4.69) is 10.6 Å². The Labute approximate surface area is 202 Å². The van der Waals surface area contributed by atoms with Crippen molar-refractivity contribution in [3.05, 3.63) is 24.2 Å². The second-order valence-electron chi connectivity index (χ2n) is 8.27. The first-order valence-electron chi connectivity index (χ1n) is 11.1. The Bertz CT molecular complexity index is 671. The molecule has 2 fully saturated rings. The summed E-state index contributed by atoms with van der Waals surface area (Å²) in [4.78, 5) is 18.6. The molecule has 0 bridgehead atoms. The molecule has 31 heavy (non-hydrogen) atoms. The third-order valence-electron chi connectivity index (χ3n) is 5.97. The van der Waals surface area contributed by atoms with E-state index in [9.17, 15) is 4.79 Å². The van der Waals surface area contributed by atoms with Gasteiger partial charge in [0.2, 0.25) is 0 Å². The zero-order chi connectivity index (χ0) is 21.2. The van der Waals surface area contributed by atoms with Crippen molar-refractivity contribution in [1.29, 1.82) is 0 Å². The number of hydrogen-bond donors (Lipinski definition) is 2. The van der Waals surface area contributed by atoms with Gasteiger partial charge in [0.15, 0.2) is 5.96 Å². The van der Waals surface area contributed by atoms with Gasteiger partial charge in [0.25, 0.3) is 0 Å². The first kappa shape index (κ1) is 25.8. The molecule has 2 heterocycles. The molecule has 1 aliphatic carbocycles. The largest absolute Gasteiger partial charge is 0.469 e. The summed E-state index contributed by atoms with van der Waals surface area (Å²) in [7, 11) is 1.76. The number of hydrogen-bond acceptors (Lipinski definition) is 5. The molecule has 0 unspecified atom stereocenters. The highest BCUT2D eigenvalue weighted by Gasteiger charge is 2.41. The molecule has 1 aromatic heterocycles. The van der Waals surface area contributed by atoms with Gasteiger partial charge in [-0.05, 0) is 56.6 Å². The Balaban J connectivity index is 0.00000341. The maximum Gasteiger partial charge on any atom is 0.409 e. The molecule has 0 aromatic carbocycles. The topological polar surface area (TPSA) is 88.3 Å². The van der Waals surface area contributed by atoms with E-state index in [4.69, 9.17) is 18.9 Å². The molecular weight excluding hydrogens is 511 g/mol. The van der Waals surface area contributed by atoms with Gasteiger partial charge in [0.05, 0.1) is 12.9 Å². The normalized spacial score (nSPS) is 18.3. The molecule has 1 amide bonds. The summed E-state index contributed by atoms with van der Waals surface area (Å²) in [6.45, 7) is 6.01. The standard InChI is InChI=1S/C22H36N4O4.HI/c1-3-29-21(27)26-13-7-18(8-14-26)25-20(23-12-6-19-5-4-15-30-19)24-17-22(9-10-22)11-16-28-2;/h4-5,15,18H,3,6-14,16-17H2,1-2H3,(H2,23,24,25);1H. The molecule has 8 nitrogen and oxygen atoms in total. The molecule has 1 aromatic rings. The fourth-order valence-electron chi connectivity index (χ4n) is 3.76. The Hall–Kier alpha value is -1.49. The summed E-state index contributed by atoms with van der Waals surface area (Å²) in [5, 5.41) is 7.04. The number of ether oxygens (including phenoxy) is 2. The van der Waals surface area contributed by atoms with Crippen LogP contribution in [0.2, 0.25) is 0 Å². The Morgan fingerprint density at radius 3 is 2.74 bits per heavy atom. The summed E-state index contributed by atoms with van der Waals surface area (Å²) in [5.41, 5.74) is 0.304. The monoisotopic (exact) mass is 548 g/mol. The molecule has 0 atom stereocenters. The molecule has 3 rings (SSSR count). The summed E-state index contributed by atoms with van der Waals surface area (Å²) in [6.07, 6.45) is 7.56. The minimum Gasteiger partial charge on any atom is -0.469 e. The average Bonchev–Trinajstić information content (AvgIpc) is 3.34. The van der Waals surface area contributed by atoms with E-state index in [-0.39, 0.29) is 30.1 Å². The van der Waals surface area contributed by atoms with Crippen LogP contribution in [0.3, 0.4) is 0 Å². The molecule has 2 N–H and O–H groups in total. The number of rotatable bonds is 10. The summed E-state index contributed by atoms with van der Waals surface area (Å²) in [6, 6.07) is 4.19. The van der Waals surface area contributed by atoms with E-state index in [1.807, 2.05) is 19.1 Å². The molecule has 2 aliphatic rings. The molecule has 1 aliphatic heterocycles. The van der Waals surface area contributed by atoms with Crippen molar-refractivity contribution < 1.29 is 18.7 Å². The maximum absolute atomic E-state index is 11.9. The Morgan fingerprint density at radius 1 is 1.35 bits per heavy atom. The second-order valence-corrected chi connectivity index (χ2v) is 8.27. The maximum atomic E-state index is 11.9. The fourth-order valence-corrected chi connectivity index (χ4v) is 3.76. The number of nitrogens with zero attached hydrogens (tertiary/aromatic N) is 2. The number of carbonyl (C=O) groups excluding carboxylic acids is 1. The van der Waals surface area contributed by atoms with Crippen LogP contribution in [-0.2, 0) is 15.9 Å². The molecule has 1 saturated carbocycles. The lowest BCUT2D eigenvalue weighted by atomic mass is 10.0. The molecule has 0 radical (unpaired) electrons. The smallest absolute Gasteiger partial charge is 0.409 e. The van der Waals surface area contributed by atoms with Crippen LogP contribution in [0.5, 0.6) is 0 Å². The zero-order valence-electron chi connectivity index (χ0n) is 18.7. The van der Waals surface area contributed by atoms with Crippen LogP contribution in [0, 0.1) is 5.41 Å². The van der Waals surface area contributed by atoms with E-state index in [0.29, 0.717) is 31.2 Å². The average molecular weight is 548 g/mol. The number of amides is 1. The van der Waals surface area contributed by atoms with Gasteiger partial charge in [-0.3, -0.25) is 4.99 Å². The fraction of sp³-hybridized carbons (Fsp3) is 0.727. The Kier molecular flexibility index (Phi) is 10.9. The number of carbonyl (C=O) groups is 1. The number of furan rings is 1.